The monoisotopic (exact) mass is 366 g/mol. The SMILES string of the molecule is CC1CN(S(=O)(=O)c2ccc(Cl)c(Br)c2)CC(C)N1. The molecule has 0 radical (unpaired) electrons. The molecule has 0 aliphatic carbocycles. The molecule has 2 unspecified atom stereocenters. The zero-order valence-corrected chi connectivity index (χ0v) is 13.9. The zero-order chi connectivity index (χ0) is 14.2. The standard InChI is InChI=1S/C12H16BrClN2O2S/c1-8-6-16(7-9(2)15-8)19(17,18)10-3-4-12(14)11(13)5-10/h3-5,8-9,15H,6-7H2,1-2H3. The van der Waals surface area contributed by atoms with Crippen LogP contribution in [0.15, 0.2) is 27.6 Å². The van der Waals surface area contributed by atoms with Gasteiger partial charge >= 0.3 is 0 Å². The smallest absolute Gasteiger partial charge is 0.243 e. The summed E-state index contributed by atoms with van der Waals surface area (Å²) in [5.41, 5.74) is 0. The average Bonchev–Trinajstić information content (AvgIpc) is 2.31. The van der Waals surface area contributed by atoms with E-state index in [-0.39, 0.29) is 17.0 Å². The Kier molecular flexibility index (Phi) is 4.57. The maximum absolute atomic E-state index is 12.6. The lowest BCUT2D eigenvalue weighted by atomic mass is 10.2. The Morgan fingerprint density at radius 1 is 1.32 bits per heavy atom. The normalized spacial score (nSPS) is 25.5. The van der Waals surface area contributed by atoms with Crippen molar-refractivity contribution in [2.75, 3.05) is 13.1 Å². The van der Waals surface area contributed by atoms with Crippen LogP contribution >= 0.6 is 27.5 Å². The maximum Gasteiger partial charge on any atom is 0.243 e. The van der Waals surface area contributed by atoms with Gasteiger partial charge in [-0.15, -0.1) is 0 Å². The number of halogens is 2. The van der Waals surface area contributed by atoms with Gasteiger partial charge in [-0.05, 0) is 48.0 Å². The first kappa shape index (κ1) is 15.3. The second-order valence-corrected chi connectivity index (χ2v) is 8.07. The van der Waals surface area contributed by atoms with Crippen molar-refractivity contribution >= 4 is 37.6 Å². The minimum Gasteiger partial charge on any atom is -0.309 e. The van der Waals surface area contributed by atoms with Crippen molar-refractivity contribution in [1.82, 2.24) is 9.62 Å². The van der Waals surface area contributed by atoms with E-state index in [1.54, 1.807) is 18.2 Å². The highest BCUT2D eigenvalue weighted by molar-refractivity contribution is 9.10. The van der Waals surface area contributed by atoms with Crippen molar-refractivity contribution in [2.24, 2.45) is 0 Å². The second-order valence-electron chi connectivity index (χ2n) is 4.87. The molecule has 1 heterocycles. The summed E-state index contributed by atoms with van der Waals surface area (Å²) < 4.78 is 27.3. The van der Waals surface area contributed by atoms with Crippen molar-refractivity contribution in [2.45, 2.75) is 30.8 Å². The molecule has 1 aliphatic rings. The summed E-state index contributed by atoms with van der Waals surface area (Å²) >= 11 is 9.16. The van der Waals surface area contributed by atoms with Crippen LogP contribution in [0.5, 0.6) is 0 Å². The Labute approximate surface area is 127 Å². The van der Waals surface area contributed by atoms with E-state index >= 15 is 0 Å². The van der Waals surface area contributed by atoms with E-state index in [0.29, 0.717) is 22.6 Å². The van der Waals surface area contributed by atoms with Crippen LogP contribution in [-0.2, 0) is 10.0 Å². The lowest BCUT2D eigenvalue weighted by Gasteiger charge is -2.35. The fourth-order valence-electron chi connectivity index (χ4n) is 2.26. The van der Waals surface area contributed by atoms with Crippen LogP contribution in [0.3, 0.4) is 0 Å². The van der Waals surface area contributed by atoms with E-state index < -0.39 is 10.0 Å². The molecule has 1 saturated heterocycles. The molecule has 1 aromatic carbocycles. The predicted octanol–water partition coefficient (Wildman–Crippen LogP) is 2.47. The molecule has 0 bridgehead atoms. The number of rotatable bonds is 2. The number of hydrogen-bond donors (Lipinski definition) is 1. The van der Waals surface area contributed by atoms with E-state index in [1.165, 1.54) is 4.31 Å². The molecular formula is C12H16BrClN2O2S. The third kappa shape index (κ3) is 3.31. The van der Waals surface area contributed by atoms with Crippen LogP contribution in [0.4, 0.5) is 0 Å². The lowest BCUT2D eigenvalue weighted by molar-refractivity contribution is 0.263. The third-order valence-electron chi connectivity index (χ3n) is 3.05. The van der Waals surface area contributed by atoms with E-state index in [9.17, 15) is 8.42 Å². The van der Waals surface area contributed by atoms with Gasteiger partial charge in [0.1, 0.15) is 0 Å². The minimum absolute atomic E-state index is 0.147. The molecule has 106 valence electrons. The first-order chi connectivity index (χ1) is 8.80. The van der Waals surface area contributed by atoms with Gasteiger partial charge in [0.25, 0.3) is 0 Å². The summed E-state index contributed by atoms with van der Waals surface area (Å²) in [4.78, 5) is 0.269. The molecule has 0 amide bonds. The van der Waals surface area contributed by atoms with Crippen LogP contribution < -0.4 is 5.32 Å². The number of benzene rings is 1. The Morgan fingerprint density at radius 2 is 1.89 bits per heavy atom. The van der Waals surface area contributed by atoms with E-state index in [0.717, 1.165) is 0 Å². The largest absolute Gasteiger partial charge is 0.309 e. The molecule has 1 N–H and O–H groups in total. The van der Waals surface area contributed by atoms with Gasteiger partial charge in [0.05, 0.1) is 9.92 Å². The molecule has 4 nitrogen and oxygen atoms in total. The van der Waals surface area contributed by atoms with E-state index in [4.69, 9.17) is 11.6 Å². The van der Waals surface area contributed by atoms with Crippen molar-refractivity contribution in [3.05, 3.63) is 27.7 Å². The van der Waals surface area contributed by atoms with Gasteiger partial charge in [-0.2, -0.15) is 4.31 Å². The maximum atomic E-state index is 12.6. The topological polar surface area (TPSA) is 49.4 Å². The van der Waals surface area contributed by atoms with Crippen molar-refractivity contribution in [3.8, 4) is 0 Å². The highest BCUT2D eigenvalue weighted by Gasteiger charge is 2.31. The molecule has 0 aromatic heterocycles. The Hall–Kier alpha value is -0.140. The van der Waals surface area contributed by atoms with E-state index in [1.807, 2.05) is 13.8 Å². The van der Waals surface area contributed by atoms with Gasteiger partial charge < -0.3 is 5.32 Å². The molecule has 2 atom stereocenters. The van der Waals surface area contributed by atoms with Crippen LogP contribution in [-0.4, -0.2) is 37.9 Å². The van der Waals surface area contributed by atoms with Gasteiger partial charge in [-0.3, -0.25) is 0 Å². The molecule has 2 rings (SSSR count). The van der Waals surface area contributed by atoms with Gasteiger partial charge in [0.15, 0.2) is 0 Å². The Bertz CT molecular complexity index is 569. The number of nitrogens with one attached hydrogen (secondary N) is 1. The summed E-state index contributed by atoms with van der Waals surface area (Å²) in [5.74, 6) is 0. The van der Waals surface area contributed by atoms with Crippen LogP contribution in [0.1, 0.15) is 13.8 Å². The van der Waals surface area contributed by atoms with Crippen molar-refractivity contribution in [1.29, 1.82) is 0 Å². The van der Waals surface area contributed by atoms with Crippen molar-refractivity contribution < 1.29 is 8.42 Å². The second kappa shape index (κ2) is 5.69. The fraction of sp³-hybridized carbons (Fsp3) is 0.500. The summed E-state index contributed by atoms with van der Waals surface area (Å²) in [7, 11) is -3.46. The Morgan fingerprint density at radius 3 is 2.42 bits per heavy atom. The van der Waals surface area contributed by atoms with Crippen LogP contribution in [0.25, 0.3) is 0 Å². The van der Waals surface area contributed by atoms with Crippen LogP contribution in [0, 0.1) is 0 Å². The van der Waals surface area contributed by atoms with Gasteiger partial charge in [0.2, 0.25) is 10.0 Å². The lowest BCUT2D eigenvalue weighted by Crippen LogP contribution is -2.55. The number of nitrogens with zero attached hydrogens (tertiary/aromatic N) is 1. The molecule has 1 fully saturated rings. The Balaban J connectivity index is 2.33. The molecule has 0 saturated carbocycles. The predicted molar refractivity (Wildman–Crippen MR) is 80.0 cm³/mol. The van der Waals surface area contributed by atoms with Gasteiger partial charge in [-0.1, -0.05) is 11.6 Å². The zero-order valence-electron chi connectivity index (χ0n) is 10.7. The highest BCUT2D eigenvalue weighted by Crippen LogP contribution is 2.27. The third-order valence-corrected chi connectivity index (χ3v) is 6.09. The molecule has 1 aromatic rings. The molecule has 19 heavy (non-hydrogen) atoms. The van der Waals surface area contributed by atoms with Gasteiger partial charge in [0, 0.05) is 29.6 Å². The number of hydrogen-bond acceptors (Lipinski definition) is 3. The van der Waals surface area contributed by atoms with E-state index in [2.05, 4.69) is 21.2 Å². The summed E-state index contributed by atoms with van der Waals surface area (Å²) in [6, 6.07) is 4.98. The van der Waals surface area contributed by atoms with Crippen molar-refractivity contribution in [3.63, 3.8) is 0 Å². The molecular weight excluding hydrogens is 352 g/mol. The fourth-order valence-corrected chi connectivity index (χ4v) is 4.55. The number of piperazine rings is 1. The first-order valence-corrected chi connectivity index (χ1v) is 8.63. The average molecular weight is 368 g/mol. The van der Waals surface area contributed by atoms with Crippen LogP contribution in [0.2, 0.25) is 5.02 Å². The first-order valence-electron chi connectivity index (χ1n) is 6.02. The quantitative estimate of drug-likeness (QED) is 0.873. The summed E-state index contributed by atoms with van der Waals surface area (Å²) in [6.07, 6.45) is 0. The molecule has 0 spiro atoms. The molecule has 7 heteroatoms. The minimum atomic E-state index is -3.46. The highest BCUT2D eigenvalue weighted by atomic mass is 79.9. The summed E-state index contributed by atoms with van der Waals surface area (Å²) in [5, 5.41) is 3.82. The van der Waals surface area contributed by atoms with Gasteiger partial charge in [-0.25, -0.2) is 8.42 Å². The molecule has 1 aliphatic heterocycles. The summed E-state index contributed by atoms with van der Waals surface area (Å²) in [6.45, 7) is 4.92. The number of sulfonamides is 1.